The highest BCUT2D eigenvalue weighted by Crippen LogP contribution is 2.34. The molecule has 0 bridgehead atoms. The van der Waals surface area contributed by atoms with Gasteiger partial charge in [-0.15, -0.1) is 0 Å². The van der Waals surface area contributed by atoms with E-state index in [2.05, 4.69) is 30.7 Å². The summed E-state index contributed by atoms with van der Waals surface area (Å²) in [4.78, 5) is 6.35. The minimum absolute atomic E-state index is 0.296. The monoisotopic (exact) mass is 317 g/mol. The van der Waals surface area contributed by atoms with Crippen molar-refractivity contribution in [1.82, 2.24) is 14.5 Å². The van der Waals surface area contributed by atoms with Crippen LogP contribution < -0.4 is 0 Å². The van der Waals surface area contributed by atoms with Crippen molar-refractivity contribution in [2.75, 3.05) is 13.1 Å². The molecule has 2 rings (SSSR count). The van der Waals surface area contributed by atoms with Gasteiger partial charge in [-0.3, -0.25) is 4.90 Å². The van der Waals surface area contributed by atoms with Crippen LogP contribution in [0, 0.1) is 11.3 Å². The van der Waals surface area contributed by atoms with Gasteiger partial charge in [0.15, 0.2) is 0 Å². The lowest BCUT2D eigenvalue weighted by Crippen LogP contribution is -2.28. The summed E-state index contributed by atoms with van der Waals surface area (Å²) >= 11 is 0. The van der Waals surface area contributed by atoms with Crippen LogP contribution in [0.5, 0.6) is 0 Å². The first kappa shape index (κ1) is 17.3. The van der Waals surface area contributed by atoms with Crippen LogP contribution in [0.3, 0.4) is 0 Å². The third-order valence-corrected chi connectivity index (χ3v) is 4.56. The van der Waals surface area contributed by atoms with Crippen LogP contribution >= 0.6 is 0 Å². The second-order valence-corrected chi connectivity index (χ2v) is 7.36. The van der Waals surface area contributed by atoms with Gasteiger partial charge in [-0.2, -0.15) is 13.2 Å². The summed E-state index contributed by atoms with van der Waals surface area (Å²) in [6.07, 6.45) is 2.06. The molecule has 126 valence electrons. The summed E-state index contributed by atoms with van der Waals surface area (Å²) in [6.45, 7) is 8.21. The molecule has 0 aliphatic carbocycles. The van der Waals surface area contributed by atoms with E-state index in [1.165, 1.54) is 23.4 Å². The molecule has 1 aromatic rings. The van der Waals surface area contributed by atoms with Crippen molar-refractivity contribution >= 4 is 0 Å². The Morgan fingerprint density at radius 3 is 2.55 bits per heavy atom. The van der Waals surface area contributed by atoms with Gasteiger partial charge in [0.25, 0.3) is 0 Å². The Morgan fingerprint density at radius 1 is 1.18 bits per heavy atom. The van der Waals surface area contributed by atoms with Crippen molar-refractivity contribution in [3.63, 3.8) is 0 Å². The number of rotatable bonds is 3. The third-order valence-electron chi connectivity index (χ3n) is 4.56. The number of hydrogen-bond acceptors (Lipinski definition) is 2. The van der Waals surface area contributed by atoms with E-state index in [9.17, 15) is 13.2 Å². The summed E-state index contributed by atoms with van der Waals surface area (Å²) in [5, 5.41) is 0. The smallest absolute Gasteiger partial charge is 0.325 e. The van der Waals surface area contributed by atoms with Gasteiger partial charge < -0.3 is 4.57 Å². The van der Waals surface area contributed by atoms with Crippen molar-refractivity contribution in [3.8, 4) is 0 Å². The lowest BCUT2D eigenvalue weighted by molar-refractivity contribution is -0.141. The number of imidazole rings is 1. The number of likely N-dealkylation sites (tertiary alicyclic amines) is 1. The molecular weight excluding hydrogens is 291 g/mol. The van der Waals surface area contributed by atoms with E-state index in [1.807, 2.05) is 0 Å². The number of alkyl halides is 3. The Hall–Kier alpha value is -1.04. The molecule has 1 atom stereocenters. The minimum Gasteiger partial charge on any atom is -0.325 e. The molecule has 0 aromatic carbocycles. The Kier molecular flexibility index (Phi) is 5.20. The lowest BCUT2D eigenvalue weighted by Gasteiger charge is -2.29. The second-order valence-electron chi connectivity index (χ2n) is 7.36. The summed E-state index contributed by atoms with van der Waals surface area (Å²) in [6, 6.07) is 0. The normalized spacial score (nSPS) is 21.8. The lowest BCUT2D eigenvalue weighted by atomic mass is 9.77. The second kappa shape index (κ2) is 6.60. The predicted octanol–water partition coefficient (Wildman–Crippen LogP) is 4.09. The van der Waals surface area contributed by atoms with E-state index in [4.69, 9.17) is 0 Å². The fourth-order valence-electron chi connectivity index (χ4n) is 3.21. The van der Waals surface area contributed by atoms with Crippen molar-refractivity contribution in [3.05, 3.63) is 18.2 Å². The third kappa shape index (κ3) is 5.00. The molecule has 22 heavy (non-hydrogen) atoms. The average Bonchev–Trinajstić information content (AvgIpc) is 2.63. The van der Waals surface area contributed by atoms with Crippen molar-refractivity contribution in [2.45, 2.75) is 59.3 Å². The minimum atomic E-state index is -4.20. The van der Waals surface area contributed by atoms with Gasteiger partial charge in [0.05, 0.1) is 6.54 Å². The molecule has 0 spiro atoms. The predicted molar refractivity (Wildman–Crippen MR) is 80.4 cm³/mol. The van der Waals surface area contributed by atoms with Crippen molar-refractivity contribution in [1.29, 1.82) is 0 Å². The first-order valence-corrected chi connectivity index (χ1v) is 7.94. The van der Waals surface area contributed by atoms with E-state index in [0.717, 1.165) is 25.9 Å². The molecule has 1 fully saturated rings. The fourth-order valence-corrected chi connectivity index (χ4v) is 3.21. The first-order valence-electron chi connectivity index (χ1n) is 7.94. The maximum atomic E-state index is 12.6. The number of halogens is 3. The van der Waals surface area contributed by atoms with Gasteiger partial charge in [0.1, 0.15) is 12.4 Å². The highest BCUT2D eigenvalue weighted by atomic mass is 19.4. The molecule has 6 heteroatoms. The van der Waals surface area contributed by atoms with Gasteiger partial charge in [0, 0.05) is 12.4 Å². The standard InChI is InChI=1S/C16H26F3N3/c1-15(2,3)13-5-4-8-21(9-6-13)11-14-20-7-10-22(14)12-16(17,18)19/h7,10,13H,4-6,8-9,11-12H2,1-3H3. The van der Waals surface area contributed by atoms with Gasteiger partial charge >= 0.3 is 6.18 Å². The van der Waals surface area contributed by atoms with Crippen molar-refractivity contribution in [2.24, 2.45) is 11.3 Å². The molecule has 1 aliphatic rings. The highest BCUT2D eigenvalue weighted by Gasteiger charge is 2.30. The molecule has 1 aliphatic heterocycles. The zero-order valence-corrected chi connectivity index (χ0v) is 13.7. The average molecular weight is 317 g/mol. The Balaban J connectivity index is 1.96. The molecule has 0 saturated carbocycles. The molecule has 0 amide bonds. The van der Waals surface area contributed by atoms with Crippen LogP contribution in [0.15, 0.2) is 12.4 Å². The van der Waals surface area contributed by atoms with Gasteiger partial charge in [0.2, 0.25) is 0 Å². The molecule has 1 unspecified atom stereocenters. The highest BCUT2D eigenvalue weighted by molar-refractivity contribution is 4.94. The summed E-state index contributed by atoms with van der Waals surface area (Å²) in [7, 11) is 0. The van der Waals surface area contributed by atoms with Crippen LogP contribution in [0.2, 0.25) is 0 Å². The van der Waals surface area contributed by atoms with E-state index in [0.29, 0.717) is 23.7 Å². The molecule has 3 nitrogen and oxygen atoms in total. The maximum absolute atomic E-state index is 12.6. The van der Waals surface area contributed by atoms with Crippen LogP contribution in [0.1, 0.15) is 45.9 Å². The van der Waals surface area contributed by atoms with E-state index in [1.54, 1.807) is 0 Å². The summed E-state index contributed by atoms with van der Waals surface area (Å²) < 4.78 is 38.9. The van der Waals surface area contributed by atoms with Gasteiger partial charge in [-0.05, 0) is 43.7 Å². The Bertz CT molecular complexity index is 474. The fraction of sp³-hybridized carbons (Fsp3) is 0.812. The zero-order chi connectivity index (χ0) is 16.4. The summed E-state index contributed by atoms with van der Waals surface area (Å²) in [5.41, 5.74) is 0.296. The number of nitrogens with zero attached hydrogens (tertiary/aromatic N) is 3. The Morgan fingerprint density at radius 2 is 1.91 bits per heavy atom. The SMILES string of the molecule is CC(C)(C)C1CCCN(Cc2nccn2CC(F)(F)F)CC1. The van der Waals surface area contributed by atoms with Gasteiger partial charge in [-0.1, -0.05) is 20.8 Å². The quantitative estimate of drug-likeness (QED) is 0.837. The number of aromatic nitrogens is 2. The van der Waals surface area contributed by atoms with Crippen LogP contribution in [0.25, 0.3) is 0 Å². The van der Waals surface area contributed by atoms with Crippen LogP contribution in [-0.2, 0) is 13.1 Å². The molecule has 1 aromatic heterocycles. The molecular formula is C16H26F3N3. The van der Waals surface area contributed by atoms with E-state index < -0.39 is 12.7 Å². The largest absolute Gasteiger partial charge is 0.406 e. The molecule has 2 heterocycles. The first-order chi connectivity index (χ1) is 10.1. The summed E-state index contributed by atoms with van der Waals surface area (Å²) in [5.74, 6) is 1.18. The Labute approximate surface area is 130 Å². The topological polar surface area (TPSA) is 21.1 Å². The molecule has 0 N–H and O–H groups in total. The molecule has 0 radical (unpaired) electrons. The van der Waals surface area contributed by atoms with Crippen LogP contribution in [0.4, 0.5) is 13.2 Å². The number of hydrogen-bond donors (Lipinski definition) is 0. The zero-order valence-electron chi connectivity index (χ0n) is 13.7. The van der Waals surface area contributed by atoms with Crippen LogP contribution in [-0.4, -0.2) is 33.7 Å². The van der Waals surface area contributed by atoms with E-state index >= 15 is 0 Å². The van der Waals surface area contributed by atoms with Gasteiger partial charge in [-0.25, -0.2) is 4.98 Å². The van der Waals surface area contributed by atoms with Crippen molar-refractivity contribution < 1.29 is 13.2 Å². The molecule has 1 saturated heterocycles. The van der Waals surface area contributed by atoms with E-state index in [-0.39, 0.29) is 0 Å². The maximum Gasteiger partial charge on any atom is 0.406 e.